The molecule has 1 unspecified atom stereocenters. The molecule has 0 N–H and O–H groups in total. The van der Waals surface area contributed by atoms with Gasteiger partial charge in [-0.25, -0.2) is 9.37 Å². The van der Waals surface area contributed by atoms with Gasteiger partial charge in [-0.3, -0.25) is 4.79 Å². The van der Waals surface area contributed by atoms with E-state index in [0.29, 0.717) is 0 Å². The molecule has 0 bridgehead atoms. The molecule has 0 spiro atoms. The van der Waals surface area contributed by atoms with Gasteiger partial charge in [-0.2, -0.15) is 0 Å². The fourth-order valence-corrected chi connectivity index (χ4v) is 3.09. The quantitative estimate of drug-likeness (QED) is 0.873. The van der Waals surface area contributed by atoms with Gasteiger partial charge in [0, 0.05) is 18.9 Å². The summed E-state index contributed by atoms with van der Waals surface area (Å²) in [7, 11) is 0. The van der Waals surface area contributed by atoms with Gasteiger partial charge < -0.3 is 9.47 Å². The number of imidazole rings is 1. The zero-order chi connectivity index (χ0) is 15.4. The van der Waals surface area contributed by atoms with Crippen molar-refractivity contribution in [1.29, 1.82) is 0 Å². The topological polar surface area (TPSA) is 38.1 Å². The van der Waals surface area contributed by atoms with Gasteiger partial charge in [0.15, 0.2) is 0 Å². The molecule has 22 heavy (non-hydrogen) atoms. The molecule has 0 saturated carbocycles. The molecule has 1 aliphatic rings. The number of rotatable bonds is 3. The average Bonchev–Trinajstić information content (AvgIpc) is 2.88. The highest BCUT2D eigenvalue weighted by molar-refractivity contribution is 5.76. The second-order valence-corrected chi connectivity index (χ2v) is 5.74. The lowest BCUT2D eigenvalue weighted by atomic mass is 10.0. The monoisotopic (exact) mass is 301 g/mol. The Labute approximate surface area is 129 Å². The van der Waals surface area contributed by atoms with E-state index in [1.807, 2.05) is 11.0 Å². The van der Waals surface area contributed by atoms with Gasteiger partial charge in [0.05, 0.1) is 12.4 Å². The van der Waals surface area contributed by atoms with Crippen molar-refractivity contribution in [2.24, 2.45) is 0 Å². The minimum Gasteiger partial charge on any atom is -0.334 e. The number of carbonyl (C=O) groups is 1. The highest BCUT2D eigenvalue weighted by atomic mass is 19.1. The van der Waals surface area contributed by atoms with Crippen LogP contribution in [0.5, 0.6) is 0 Å². The van der Waals surface area contributed by atoms with Gasteiger partial charge in [-0.05, 0) is 30.5 Å². The Morgan fingerprint density at radius 1 is 1.32 bits per heavy atom. The average molecular weight is 301 g/mol. The Balaban J connectivity index is 1.82. The van der Waals surface area contributed by atoms with E-state index in [2.05, 4.69) is 4.98 Å². The molecule has 1 aliphatic heterocycles. The molecular weight excluding hydrogens is 281 g/mol. The summed E-state index contributed by atoms with van der Waals surface area (Å²) in [5, 5.41) is 0. The minimum absolute atomic E-state index is 0.0331. The van der Waals surface area contributed by atoms with Crippen molar-refractivity contribution in [1.82, 2.24) is 14.5 Å². The summed E-state index contributed by atoms with van der Waals surface area (Å²) in [5.74, 6) is -0.182. The van der Waals surface area contributed by atoms with E-state index in [0.717, 1.165) is 37.8 Å². The zero-order valence-electron chi connectivity index (χ0n) is 12.5. The number of hydrogen-bond acceptors (Lipinski definition) is 2. The smallest absolute Gasteiger partial charge is 0.243 e. The summed E-state index contributed by atoms with van der Waals surface area (Å²) in [4.78, 5) is 18.5. The molecule has 1 fully saturated rings. The van der Waals surface area contributed by atoms with Gasteiger partial charge in [-0.15, -0.1) is 0 Å². The van der Waals surface area contributed by atoms with Crippen LogP contribution in [0.15, 0.2) is 43.0 Å². The summed E-state index contributed by atoms with van der Waals surface area (Å²) in [6, 6.07) is 6.59. The van der Waals surface area contributed by atoms with Crippen molar-refractivity contribution >= 4 is 5.91 Å². The number of halogens is 1. The first-order valence-electron chi connectivity index (χ1n) is 7.75. The van der Waals surface area contributed by atoms with Crippen molar-refractivity contribution in [2.45, 2.75) is 38.3 Å². The highest BCUT2D eigenvalue weighted by Crippen LogP contribution is 2.30. The number of hydrogen-bond donors (Lipinski definition) is 0. The van der Waals surface area contributed by atoms with Crippen LogP contribution in [0, 0.1) is 5.82 Å². The van der Waals surface area contributed by atoms with Crippen molar-refractivity contribution in [3.63, 3.8) is 0 Å². The number of nitrogens with zero attached hydrogens (tertiary/aromatic N) is 3. The third-order valence-electron chi connectivity index (χ3n) is 4.18. The van der Waals surface area contributed by atoms with Crippen LogP contribution in [-0.4, -0.2) is 26.9 Å². The summed E-state index contributed by atoms with van der Waals surface area (Å²) >= 11 is 0. The Kier molecular flexibility index (Phi) is 4.51. The van der Waals surface area contributed by atoms with Gasteiger partial charge in [0.1, 0.15) is 12.4 Å². The van der Waals surface area contributed by atoms with Crippen LogP contribution < -0.4 is 0 Å². The first-order valence-corrected chi connectivity index (χ1v) is 7.75. The fourth-order valence-electron chi connectivity index (χ4n) is 3.09. The minimum atomic E-state index is -0.247. The van der Waals surface area contributed by atoms with Crippen LogP contribution in [0.4, 0.5) is 4.39 Å². The second kappa shape index (κ2) is 6.73. The van der Waals surface area contributed by atoms with Crippen LogP contribution in [0.2, 0.25) is 0 Å². The lowest BCUT2D eigenvalue weighted by Gasteiger charge is -2.30. The lowest BCUT2D eigenvalue weighted by molar-refractivity contribution is -0.134. The number of benzene rings is 1. The molecule has 1 aromatic heterocycles. The van der Waals surface area contributed by atoms with E-state index in [1.54, 1.807) is 35.4 Å². The van der Waals surface area contributed by atoms with Crippen molar-refractivity contribution < 1.29 is 9.18 Å². The molecule has 2 aromatic rings. The Hall–Kier alpha value is -2.17. The van der Waals surface area contributed by atoms with E-state index < -0.39 is 0 Å². The van der Waals surface area contributed by atoms with Crippen LogP contribution in [0.1, 0.15) is 37.3 Å². The second-order valence-electron chi connectivity index (χ2n) is 5.74. The number of aromatic nitrogens is 2. The molecule has 1 aromatic carbocycles. The molecule has 5 heteroatoms. The predicted molar refractivity (Wildman–Crippen MR) is 81.5 cm³/mol. The molecule has 1 atom stereocenters. The summed E-state index contributed by atoms with van der Waals surface area (Å²) in [6.07, 6.45) is 9.16. The Bertz CT molecular complexity index is 627. The van der Waals surface area contributed by atoms with Gasteiger partial charge in [0.2, 0.25) is 5.91 Å². The molecule has 0 aliphatic carbocycles. The zero-order valence-corrected chi connectivity index (χ0v) is 12.5. The third-order valence-corrected chi connectivity index (χ3v) is 4.18. The van der Waals surface area contributed by atoms with Crippen LogP contribution >= 0.6 is 0 Å². The largest absolute Gasteiger partial charge is 0.334 e. The number of likely N-dealkylation sites (tertiary alicyclic amines) is 1. The van der Waals surface area contributed by atoms with Crippen molar-refractivity contribution in [2.75, 3.05) is 6.54 Å². The van der Waals surface area contributed by atoms with Crippen LogP contribution in [-0.2, 0) is 11.3 Å². The number of carbonyl (C=O) groups excluding carboxylic acids is 1. The van der Waals surface area contributed by atoms with Crippen LogP contribution in [0.25, 0.3) is 0 Å². The van der Waals surface area contributed by atoms with Gasteiger partial charge in [0.25, 0.3) is 0 Å². The Morgan fingerprint density at radius 2 is 2.23 bits per heavy atom. The highest BCUT2D eigenvalue weighted by Gasteiger charge is 2.26. The van der Waals surface area contributed by atoms with E-state index in [9.17, 15) is 9.18 Å². The van der Waals surface area contributed by atoms with Gasteiger partial charge >= 0.3 is 0 Å². The molecule has 0 radical (unpaired) electrons. The molecule has 116 valence electrons. The first kappa shape index (κ1) is 14.8. The van der Waals surface area contributed by atoms with Gasteiger partial charge in [-0.1, -0.05) is 25.0 Å². The molecular formula is C17H20FN3O. The van der Waals surface area contributed by atoms with E-state index in [4.69, 9.17) is 0 Å². The van der Waals surface area contributed by atoms with Crippen LogP contribution in [0.3, 0.4) is 0 Å². The van der Waals surface area contributed by atoms with E-state index in [-0.39, 0.29) is 24.3 Å². The molecule has 4 nitrogen and oxygen atoms in total. The standard InChI is InChI=1S/C17H20FN3O/c18-15-6-4-5-14(11-15)16-7-2-1-3-9-21(16)17(22)12-20-10-8-19-13-20/h4-6,8,10-11,13,16H,1-3,7,9,12H2. The molecule has 1 amide bonds. The predicted octanol–water partition coefficient (Wildman–Crippen LogP) is 3.17. The molecule has 3 rings (SSSR count). The SMILES string of the molecule is O=C(Cn1ccnc1)N1CCCCCC1c1cccc(F)c1. The van der Waals surface area contributed by atoms with E-state index >= 15 is 0 Å². The summed E-state index contributed by atoms with van der Waals surface area (Å²) in [6.45, 7) is 1.01. The maximum absolute atomic E-state index is 13.5. The lowest BCUT2D eigenvalue weighted by Crippen LogP contribution is -2.37. The molecule has 1 saturated heterocycles. The molecule has 2 heterocycles. The summed E-state index contributed by atoms with van der Waals surface area (Å²) < 4.78 is 15.3. The van der Waals surface area contributed by atoms with E-state index in [1.165, 1.54) is 6.07 Å². The Morgan fingerprint density at radius 3 is 3.00 bits per heavy atom. The first-order chi connectivity index (χ1) is 10.7. The summed E-state index contributed by atoms with van der Waals surface area (Å²) in [5.41, 5.74) is 0.890. The van der Waals surface area contributed by atoms with Crippen molar-refractivity contribution in [3.8, 4) is 0 Å². The van der Waals surface area contributed by atoms with Crippen molar-refractivity contribution in [3.05, 3.63) is 54.4 Å². The normalized spacial score (nSPS) is 19.0. The number of amides is 1. The maximum atomic E-state index is 13.5. The maximum Gasteiger partial charge on any atom is 0.243 e. The third kappa shape index (κ3) is 3.35. The fraction of sp³-hybridized carbons (Fsp3) is 0.412.